The summed E-state index contributed by atoms with van der Waals surface area (Å²) in [6, 6.07) is 0. The van der Waals surface area contributed by atoms with Crippen LogP contribution in [0.1, 0.15) is 26.7 Å². The number of carbonyl (C=O) groups is 1. The van der Waals surface area contributed by atoms with Crippen LogP contribution in [0, 0.1) is 11.8 Å². The van der Waals surface area contributed by atoms with Gasteiger partial charge in [0, 0.05) is 0 Å². The molecule has 0 unspecified atom stereocenters. The molecule has 1 aliphatic carbocycles. The third-order valence-electron chi connectivity index (χ3n) is 2.73. The van der Waals surface area contributed by atoms with Crippen molar-refractivity contribution >= 4 is 5.97 Å². The summed E-state index contributed by atoms with van der Waals surface area (Å²) in [5.74, 6) is -0.299. The van der Waals surface area contributed by atoms with E-state index < -0.39 is 11.5 Å². The second-order valence-electron chi connectivity index (χ2n) is 3.73. The smallest absolute Gasteiger partial charge is 0.323 e. The van der Waals surface area contributed by atoms with Gasteiger partial charge in [0.1, 0.15) is 5.54 Å². The minimum absolute atomic E-state index is 0.167. The Morgan fingerprint density at radius 2 is 2.27 bits per heavy atom. The fraction of sp³-hybridized carbons (Fsp3) is 0.875. The summed E-state index contributed by atoms with van der Waals surface area (Å²) < 4.78 is 0. The fourth-order valence-electron chi connectivity index (χ4n) is 1.82. The van der Waals surface area contributed by atoms with Crippen molar-refractivity contribution in [1.82, 2.24) is 0 Å². The van der Waals surface area contributed by atoms with Crippen LogP contribution < -0.4 is 5.73 Å². The molecule has 1 saturated carbocycles. The number of hydrogen-bond acceptors (Lipinski definition) is 2. The van der Waals surface area contributed by atoms with Crippen LogP contribution in [-0.2, 0) is 4.79 Å². The standard InChI is InChI=1S/C8H15NO2/c1-5(2)6-3-4-8(6,9)7(10)11/h5-6H,3-4,9H2,1-2H3,(H,10,11)/t6-,8-/m0/s1. The predicted molar refractivity (Wildman–Crippen MR) is 42.1 cm³/mol. The summed E-state index contributed by atoms with van der Waals surface area (Å²) >= 11 is 0. The van der Waals surface area contributed by atoms with Crippen LogP contribution >= 0.6 is 0 Å². The first kappa shape index (κ1) is 8.53. The third kappa shape index (κ3) is 1.13. The van der Waals surface area contributed by atoms with Gasteiger partial charge in [-0.1, -0.05) is 13.8 Å². The van der Waals surface area contributed by atoms with Crippen LogP contribution in [0.2, 0.25) is 0 Å². The summed E-state index contributed by atoms with van der Waals surface area (Å²) in [7, 11) is 0. The number of nitrogens with two attached hydrogens (primary N) is 1. The Hall–Kier alpha value is -0.570. The zero-order valence-corrected chi connectivity index (χ0v) is 7.00. The average Bonchev–Trinajstić information content (AvgIpc) is 1.82. The van der Waals surface area contributed by atoms with Gasteiger partial charge in [0.15, 0.2) is 0 Å². The molecule has 1 rings (SSSR count). The number of carboxylic acid groups (broad SMARTS) is 1. The highest BCUT2D eigenvalue weighted by molar-refractivity contribution is 5.80. The molecule has 1 fully saturated rings. The van der Waals surface area contributed by atoms with E-state index in [0.29, 0.717) is 12.3 Å². The monoisotopic (exact) mass is 157 g/mol. The van der Waals surface area contributed by atoms with Crippen molar-refractivity contribution in [2.24, 2.45) is 17.6 Å². The van der Waals surface area contributed by atoms with Gasteiger partial charge in [0.25, 0.3) is 0 Å². The molecule has 2 atom stereocenters. The maximum atomic E-state index is 10.7. The molecule has 3 nitrogen and oxygen atoms in total. The minimum Gasteiger partial charge on any atom is -0.480 e. The molecule has 1 aliphatic rings. The Bertz CT molecular complexity index is 179. The van der Waals surface area contributed by atoms with Crippen molar-refractivity contribution in [3.8, 4) is 0 Å². The molecule has 3 N–H and O–H groups in total. The maximum absolute atomic E-state index is 10.7. The fourth-order valence-corrected chi connectivity index (χ4v) is 1.82. The van der Waals surface area contributed by atoms with Gasteiger partial charge in [0.2, 0.25) is 0 Å². The molecule has 0 aromatic rings. The largest absolute Gasteiger partial charge is 0.480 e. The molecule has 11 heavy (non-hydrogen) atoms. The van der Waals surface area contributed by atoms with Crippen molar-refractivity contribution in [3.05, 3.63) is 0 Å². The predicted octanol–water partition coefficient (Wildman–Crippen LogP) is 0.834. The van der Waals surface area contributed by atoms with Crippen molar-refractivity contribution in [3.63, 3.8) is 0 Å². The Balaban J connectivity index is 2.67. The maximum Gasteiger partial charge on any atom is 0.323 e. The van der Waals surface area contributed by atoms with Gasteiger partial charge >= 0.3 is 5.97 Å². The zero-order chi connectivity index (χ0) is 8.65. The number of carboxylic acids is 1. The Labute approximate surface area is 66.6 Å². The Morgan fingerprint density at radius 1 is 1.73 bits per heavy atom. The van der Waals surface area contributed by atoms with E-state index in [1.165, 1.54) is 0 Å². The van der Waals surface area contributed by atoms with Crippen molar-refractivity contribution in [1.29, 1.82) is 0 Å². The lowest BCUT2D eigenvalue weighted by molar-refractivity contribution is -0.152. The number of hydrogen-bond donors (Lipinski definition) is 2. The lowest BCUT2D eigenvalue weighted by Gasteiger charge is -2.45. The van der Waals surface area contributed by atoms with Crippen LogP contribution in [0.15, 0.2) is 0 Å². The van der Waals surface area contributed by atoms with Crippen LogP contribution in [0.5, 0.6) is 0 Å². The topological polar surface area (TPSA) is 63.3 Å². The first-order valence-corrected chi connectivity index (χ1v) is 4.00. The van der Waals surface area contributed by atoms with Crippen LogP contribution in [0.25, 0.3) is 0 Å². The van der Waals surface area contributed by atoms with E-state index in [2.05, 4.69) is 0 Å². The first-order valence-electron chi connectivity index (χ1n) is 4.00. The van der Waals surface area contributed by atoms with Gasteiger partial charge < -0.3 is 10.8 Å². The van der Waals surface area contributed by atoms with Crippen molar-refractivity contribution in [2.75, 3.05) is 0 Å². The molecule has 0 spiro atoms. The average molecular weight is 157 g/mol. The number of rotatable bonds is 2. The van der Waals surface area contributed by atoms with Crippen molar-refractivity contribution in [2.45, 2.75) is 32.2 Å². The van der Waals surface area contributed by atoms with E-state index in [0.717, 1.165) is 6.42 Å². The molecular weight excluding hydrogens is 142 g/mol. The molecule has 0 radical (unpaired) electrons. The van der Waals surface area contributed by atoms with Gasteiger partial charge in [-0.3, -0.25) is 4.79 Å². The molecule has 0 saturated heterocycles. The highest BCUT2D eigenvalue weighted by Gasteiger charge is 2.50. The molecule has 0 aliphatic heterocycles. The van der Waals surface area contributed by atoms with Gasteiger partial charge in [0.05, 0.1) is 0 Å². The highest BCUT2D eigenvalue weighted by atomic mass is 16.4. The molecule has 0 bridgehead atoms. The van der Waals surface area contributed by atoms with E-state index >= 15 is 0 Å². The lowest BCUT2D eigenvalue weighted by atomic mass is 9.62. The van der Waals surface area contributed by atoms with Gasteiger partial charge in [-0.05, 0) is 24.7 Å². The van der Waals surface area contributed by atoms with Crippen LogP contribution in [0.4, 0.5) is 0 Å². The second kappa shape index (κ2) is 2.48. The van der Waals surface area contributed by atoms with E-state index in [4.69, 9.17) is 10.8 Å². The van der Waals surface area contributed by atoms with Gasteiger partial charge in [-0.25, -0.2) is 0 Å². The third-order valence-corrected chi connectivity index (χ3v) is 2.73. The molecule has 64 valence electrons. The normalized spacial score (nSPS) is 36.9. The van der Waals surface area contributed by atoms with E-state index in [9.17, 15) is 4.79 Å². The summed E-state index contributed by atoms with van der Waals surface area (Å²) in [4.78, 5) is 10.7. The van der Waals surface area contributed by atoms with E-state index in [-0.39, 0.29) is 5.92 Å². The molecule has 0 aromatic heterocycles. The van der Waals surface area contributed by atoms with Gasteiger partial charge in [-0.2, -0.15) is 0 Å². The summed E-state index contributed by atoms with van der Waals surface area (Å²) in [5, 5.41) is 8.79. The number of aliphatic carboxylic acids is 1. The quantitative estimate of drug-likeness (QED) is 0.624. The van der Waals surface area contributed by atoms with Crippen LogP contribution in [0.3, 0.4) is 0 Å². The second-order valence-corrected chi connectivity index (χ2v) is 3.73. The summed E-state index contributed by atoms with van der Waals surface area (Å²) in [6.45, 7) is 4.04. The van der Waals surface area contributed by atoms with Crippen LogP contribution in [-0.4, -0.2) is 16.6 Å². The molecule has 0 amide bonds. The first-order chi connectivity index (χ1) is 4.98. The van der Waals surface area contributed by atoms with Gasteiger partial charge in [-0.15, -0.1) is 0 Å². The minimum atomic E-state index is -0.922. The van der Waals surface area contributed by atoms with E-state index in [1.54, 1.807) is 0 Å². The molecular formula is C8H15NO2. The molecule has 0 heterocycles. The summed E-state index contributed by atoms with van der Waals surface area (Å²) in [5.41, 5.74) is 4.77. The summed E-state index contributed by atoms with van der Waals surface area (Å²) in [6.07, 6.45) is 1.59. The molecule has 3 heteroatoms. The van der Waals surface area contributed by atoms with E-state index in [1.807, 2.05) is 13.8 Å². The highest BCUT2D eigenvalue weighted by Crippen LogP contribution is 2.41. The zero-order valence-electron chi connectivity index (χ0n) is 7.00. The molecule has 0 aromatic carbocycles. The van der Waals surface area contributed by atoms with Crippen molar-refractivity contribution < 1.29 is 9.90 Å². The SMILES string of the molecule is CC(C)[C@@H]1CC[C@@]1(N)C(=O)O. The Kier molecular flexibility index (Phi) is 1.92. The Morgan fingerprint density at radius 3 is 2.36 bits per heavy atom. The lowest BCUT2D eigenvalue weighted by Crippen LogP contribution is -2.62.